The maximum absolute atomic E-state index is 13.0. The Bertz CT molecular complexity index is 657. The van der Waals surface area contributed by atoms with E-state index < -0.39 is 0 Å². The van der Waals surface area contributed by atoms with Crippen LogP contribution in [0.4, 0.5) is 5.69 Å². The first-order valence-electron chi connectivity index (χ1n) is 8.94. The molecular formula is C19H27N3O3. The molecular weight excluding hydrogens is 318 g/mol. The minimum Gasteiger partial charge on any atom is -0.395 e. The van der Waals surface area contributed by atoms with E-state index in [9.17, 15) is 9.59 Å². The van der Waals surface area contributed by atoms with Crippen LogP contribution in [0, 0.1) is 20.8 Å². The summed E-state index contributed by atoms with van der Waals surface area (Å²) in [6.07, 6.45) is 0.256. The maximum Gasteiger partial charge on any atom is 0.251 e. The normalized spacial score (nSPS) is 22.9. The molecule has 0 aromatic heterocycles. The number of imide groups is 1. The summed E-state index contributed by atoms with van der Waals surface area (Å²) in [7, 11) is 0. The minimum absolute atomic E-state index is 0.101. The summed E-state index contributed by atoms with van der Waals surface area (Å²) in [5, 5.41) is 9.04. The van der Waals surface area contributed by atoms with Gasteiger partial charge in [0.05, 0.1) is 24.8 Å². The second-order valence-corrected chi connectivity index (χ2v) is 7.14. The van der Waals surface area contributed by atoms with Gasteiger partial charge in [0.1, 0.15) is 0 Å². The Morgan fingerprint density at radius 3 is 2.20 bits per heavy atom. The zero-order valence-electron chi connectivity index (χ0n) is 15.3. The molecule has 25 heavy (non-hydrogen) atoms. The van der Waals surface area contributed by atoms with Crippen molar-refractivity contribution < 1.29 is 14.7 Å². The number of β-amino-alcohol motifs (C(OH)–C–C–N with tert-alkyl or cyclic N) is 1. The van der Waals surface area contributed by atoms with Gasteiger partial charge >= 0.3 is 0 Å². The number of amides is 2. The number of aliphatic hydroxyl groups excluding tert-OH is 1. The summed E-state index contributed by atoms with van der Waals surface area (Å²) in [4.78, 5) is 31.4. The third kappa shape index (κ3) is 3.47. The monoisotopic (exact) mass is 345 g/mol. The van der Waals surface area contributed by atoms with Crippen molar-refractivity contribution in [2.75, 3.05) is 44.2 Å². The van der Waals surface area contributed by atoms with Gasteiger partial charge in [-0.2, -0.15) is 0 Å². The van der Waals surface area contributed by atoms with E-state index in [0.29, 0.717) is 6.54 Å². The summed E-state index contributed by atoms with van der Waals surface area (Å²) < 4.78 is 0. The van der Waals surface area contributed by atoms with Crippen molar-refractivity contribution in [2.24, 2.45) is 0 Å². The number of aliphatic hydroxyl groups is 1. The molecule has 1 aromatic rings. The lowest BCUT2D eigenvalue weighted by molar-refractivity contribution is -0.123. The van der Waals surface area contributed by atoms with Gasteiger partial charge in [-0.05, 0) is 31.9 Å². The Morgan fingerprint density at radius 2 is 1.64 bits per heavy atom. The molecule has 1 aromatic carbocycles. The summed E-state index contributed by atoms with van der Waals surface area (Å²) in [6.45, 7) is 9.90. The van der Waals surface area contributed by atoms with Crippen LogP contribution in [-0.4, -0.2) is 72.1 Å². The van der Waals surface area contributed by atoms with E-state index in [0.717, 1.165) is 48.6 Å². The maximum atomic E-state index is 13.0. The number of carbonyl (C=O) groups is 2. The van der Waals surface area contributed by atoms with E-state index in [1.165, 1.54) is 4.90 Å². The van der Waals surface area contributed by atoms with Crippen molar-refractivity contribution in [2.45, 2.75) is 33.2 Å². The third-order valence-corrected chi connectivity index (χ3v) is 5.25. The van der Waals surface area contributed by atoms with Crippen LogP contribution in [0.3, 0.4) is 0 Å². The second-order valence-electron chi connectivity index (χ2n) is 7.14. The van der Waals surface area contributed by atoms with Crippen LogP contribution < -0.4 is 4.90 Å². The second kappa shape index (κ2) is 7.23. The zero-order chi connectivity index (χ0) is 18.1. The van der Waals surface area contributed by atoms with E-state index in [-0.39, 0.29) is 30.9 Å². The molecule has 136 valence electrons. The molecule has 0 unspecified atom stereocenters. The molecule has 6 nitrogen and oxygen atoms in total. The van der Waals surface area contributed by atoms with E-state index in [2.05, 4.69) is 9.80 Å². The van der Waals surface area contributed by atoms with Gasteiger partial charge in [0.25, 0.3) is 5.91 Å². The van der Waals surface area contributed by atoms with Crippen molar-refractivity contribution in [3.8, 4) is 0 Å². The average molecular weight is 345 g/mol. The molecule has 0 aliphatic carbocycles. The molecule has 2 amide bonds. The predicted octanol–water partition coefficient (Wildman–Crippen LogP) is 0.854. The van der Waals surface area contributed by atoms with Crippen molar-refractivity contribution in [3.05, 3.63) is 28.8 Å². The molecule has 1 atom stereocenters. The zero-order valence-corrected chi connectivity index (χ0v) is 15.3. The number of hydrogen-bond donors (Lipinski definition) is 1. The molecule has 0 radical (unpaired) electrons. The molecule has 2 fully saturated rings. The van der Waals surface area contributed by atoms with Gasteiger partial charge in [0.2, 0.25) is 5.91 Å². The molecule has 2 aliphatic heterocycles. The van der Waals surface area contributed by atoms with Gasteiger partial charge in [0.15, 0.2) is 0 Å². The lowest BCUT2D eigenvalue weighted by Crippen LogP contribution is -2.53. The fourth-order valence-electron chi connectivity index (χ4n) is 4.10. The van der Waals surface area contributed by atoms with Crippen molar-refractivity contribution >= 4 is 17.5 Å². The van der Waals surface area contributed by atoms with Gasteiger partial charge < -0.3 is 5.11 Å². The van der Waals surface area contributed by atoms with Crippen LogP contribution in [0.15, 0.2) is 12.1 Å². The summed E-state index contributed by atoms with van der Waals surface area (Å²) >= 11 is 0. The number of anilines is 1. The van der Waals surface area contributed by atoms with Crippen molar-refractivity contribution in [3.63, 3.8) is 0 Å². The van der Waals surface area contributed by atoms with E-state index in [4.69, 9.17) is 5.11 Å². The lowest BCUT2D eigenvalue weighted by atomic mass is 10.0. The Morgan fingerprint density at radius 1 is 1.04 bits per heavy atom. The van der Waals surface area contributed by atoms with Crippen LogP contribution in [0.25, 0.3) is 0 Å². The first-order chi connectivity index (χ1) is 11.9. The van der Waals surface area contributed by atoms with E-state index in [1.54, 1.807) is 0 Å². The Kier molecular flexibility index (Phi) is 5.22. The molecule has 6 heteroatoms. The number of hydrogen-bond acceptors (Lipinski definition) is 5. The number of rotatable bonds is 4. The highest BCUT2D eigenvalue weighted by atomic mass is 16.3. The Hall–Kier alpha value is -1.76. The van der Waals surface area contributed by atoms with E-state index in [1.807, 2.05) is 32.9 Å². The topological polar surface area (TPSA) is 64.1 Å². The SMILES string of the molecule is Cc1cc(C)c(N2C(=O)C[C@H](N3CCN(CCO)CC3)C2=O)c(C)c1. The Labute approximate surface area is 149 Å². The number of carbonyl (C=O) groups excluding carboxylic acids is 2. The number of piperazine rings is 1. The smallest absolute Gasteiger partial charge is 0.251 e. The average Bonchev–Trinajstić information content (AvgIpc) is 2.83. The first-order valence-corrected chi connectivity index (χ1v) is 8.94. The van der Waals surface area contributed by atoms with E-state index >= 15 is 0 Å². The molecule has 0 saturated carbocycles. The molecule has 0 spiro atoms. The molecule has 0 bridgehead atoms. The van der Waals surface area contributed by atoms with Gasteiger partial charge in [-0.15, -0.1) is 0 Å². The summed E-state index contributed by atoms with van der Waals surface area (Å²) in [5.41, 5.74) is 3.82. The van der Waals surface area contributed by atoms with Crippen molar-refractivity contribution in [1.29, 1.82) is 0 Å². The van der Waals surface area contributed by atoms with Crippen LogP contribution in [-0.2, 0) is 9.59 Å². The standard InChI is InChI=1S/C19H27N3O3/c1-13-10-14(2)18(15(3)11-13)22-17(24)12-16(19(22)25)21-6-4-20(5-7-21)8-9-23/h10-11,16,23H,4-9,12H2,1-3H3/t16-/m0/s1. The molecule has 3 rings (SSSR count). The summed E-state index contributed by atoms with van der Waals surface area (Å²) in [6, 6.07) is 3.68. The number of aryl methyl sites for hydroxylation is 3. The Balaban J connectivity index is 1.78. The van der Waals surface area contributed by atoms with Crippen LogP contribution in [0.5, 0.6) is 0 Å². The molecule has 2 aliphatic rings. The fourth-order valence-corrected chi connectivity index (χ4v) is 4.10. The first kappa shape index (κ1) is 18.0. The largest absolute Gasteiger partial charge is 0.395 e. The molecule has 2 heterocycles. The molecule has 2 saturated heterocycles. The highest BCUT2D eigenvalue weighted by Gasteiger charge is 2.44. The van der Waals surface area contributed by atoms with Gasteiger partial charge in [0, 0.05) is 32.7 Å². The fraction of sp³-hybridized carbons (Fsp3) is 0.579. The highest BCUT2D eigenvalue weighted by Crippen LogP contribution is 2.32. The van der Waals surface area contributed by atoms with Gasteiger partial charge in [-0.3, -0.25) is 19.4 Å². The third-order valence-electron chi connectivity index (χ3n) is 5.25. The van der Waals surface area contributed by atoms with Crippen LogP contribution >= 0.6 is 0 Å². The van der Waals surface area contributed by atoms with Crippen molar-refractivity contribution in [1.82, 2.24) is 9.80 Å². The van der Waals surface area contributed by atoms with Crippen LogP contribution in [0.2, 0.25) is 0 Å². The molecule has 1 N–H and O–H groups in total. The lowest BCUT2D eigenvalue weighted by Gasteiger charge is -2.36. The number of benzene rings is 1. The van der Waals surface area contributed by atoms with Gasteiger partial charge in [-0.25, -0.2) is 4.90 Å². The quantitative estimate of drug-likeness (QED) is 0.820. The van der Waals surface area contributed by atoms with Crippen LogP contribution in [0.1, 0.15) is 23.1 Å². The van der Waals surface area contributed by atoms with Gasteiger partial charge in [-0.1, -0.05) is 17.7 Å². The minimum atomic E-state index is -0.358. The summed E-state index contributed by atoms with van der Waals surface area (Å²) in [5.74, 6) is -0.210. The predicted molar refractivity (Wildman–Crippen MR) is 96.6 cm³/mol. The highest BCUT2D eigenvalue weighted by molar-refractivity contribution is 6.23. The number of nitrogens with zero attached hydrogens (tertiary/aromatic N) is 3.